The zero-order chi connectivity index (χ0) is 9.97. The fraction of sp³-hybridized carbons (Fsp3) is 0.300. The number of hydrogen-bond acceptors (Lipinski definition) is 3. The van der Waals surface area contributed by atoms with Gasteiger partial charge in [-0.1, -0.05) is 11.6 Å². The van der Waals surface area contributed by atoms with E-state index in [-0.39, 0.29) is 0 Å². The summed E-state index contributed by atoms with van der Waals surface area (Å²) in [5.74, 6) is 0. The molecule has 3 nitrogen and oxygen atoms in total. The molecule has 0 radical (unpaired) electrons. The summed E-state index contributed by atoms with van der Waals surface area (Å²) in [5.41, 5.74) is 2.70. The Balaban J connectivity index is 2.38. The van der Waals surface area contributed by atoms with E-state index in [0.29, 0.717) is 0 Å². The number of likely N-dealkylation sites (N-methyl/N-ethyl adjacent to an activating group) is 1. The summed E-state index contributed by atoms with van der Waals surface area (Å²) in [6.07, 6.45) is 2.33. The number of nitrogens with zero attached hydrogens (tertiary/aromatic N) is 1. The molecule has 1 heterocycles. The lowest BCUT2D eigenvalue weighted by molar-refractivity contribution is 0.602. The third kappa shape index (κ3) is 1.74. The first-order valence-corrected chi connectivity index (χ1v) is 4.85. The summed E-state index contributed by atoms with van der Waals surface area (Å²) in [6, 6.07) is 3.79. The highest BCUT2D eigenvalue weighted by Crippen LogP contribution is 2.23. The largest absolute Gasteiger partial charge is 0.443 e. The summed E-state index contributed by atoms with van der Waals surface area (Å²) >= 11 is 6.08. The highest BCUT2D eigenvalue weighted by atomic mass is 35.5. The van der Waals surface area contributed by atoms with Gasteiger partial charge >= 0.3 is 0 Å². The fourth-order valence-corrected chi connectivity index (χ4v) is 1.62. The molecule has 0 aliphatic heterocycles. The lowest BCUT2D eigenvalue weighted by atomic mass is 10.1. The minimum atomic E-state index is 0.739. The van der Waals surface area contributed by atoms with Gasteiger partial charge in [0.15, 0.2) is 12.0 Å². The standard InChI is InChI=1S/C10H11ClN2O/c1-12-3-2-7-4-9-10(5-8(7)11)14-6-13-9/h4-6,12H,2-3H2,1H3. The molecule has 0 saturated heterocycles. The molecular weight excluding hydrogens is 200 g/mol. The maximum atomic E-state index is 6.08. The second kappa shape index (κ2) is 3.98. The molecule has 0 unspecified atom stereocenters. The Bertz CT molecular complexity index is 439. The van der Waals surface area contributed by atoms with Crippen LogP contribution in [0.2, 0.25) is 5.02 Å². The SMILES string of the molecule is CNCCc1cc2ncoc2cc1Cl. The van der Waals surface area contributed by atoms with Crippen LogP contribution in [0.1, 0.15) is 5.56 Å². The number of oxazole rings is 1. The predicted molar refractivity (Wildman–Crippen MR) is 56.6 cm³/mol. The summed E-state index contributed by atoms with van der Waals surface area (Å²) in [7, 11) is 1.92. The third-order valence-electron chi connectivity index (χ3n) is 2.14. The fourth-order valence-electron chi connectivity index (χ4n) is 1.37. The number of halogens is 1. The Morgan fingerprint density at radius 3 is 3.14 bits per heavy atom. The topological polar surface area (TPSA) is 38.1 Å². The van der Waals surface area contributed by atoms with E-state index in [4.69, 9.17) is 16.0 Å². The van der Waals surface area contributed by atoms with E-state index in [0.717, 1.165) is 34.7 Å². The van der Waals surface area contributed by atoms with Gasteiger partial charge in [0.05, 0.1) is 0 Å². The van der Waals surface area contributed by atoms with E-state index in [1.807, 2.05) is 19.2 Å². The van der Waals surface area contributed by atoms with Gasteiger partial charge in [0.2, 0.25) is 0 Å². The van der Waals surface area contributed by atoms with Crippen LogP contribution >= 0.6 is 11.6 Å². The average Bonchev–Trinajstić information content (AvgIpc) is 2.61. The van der Waals surface area contributed by atoms with Gasteiger partial charge in [0, 0.05) is 11.1 Å². The normalized spacial score (nSPS) is 11.0. The van der Waals surface area contributed by atoms with Crippen molar-refractivity contribution >= 4 is 22.7 Å². The molecule has 1 aromatic carbocycles. The summed E-state index contributed by atoms with van der Waals surface area (Å²) in [5, 5.41) is 3.82. The first-order chi connectivity index (χ1) is 6.81. The average molecular weight is 211 g/mol. The molecule has 74 valence electrons. The van der Waals surface area contributed by atoms with Crippen LogP contribution in [-0.4, -0.2) is 18.6 Å². The predicted octanol–water partition coefficient (Wildman–Crippen LogP) is 2.24. The molecule has 1 N–H and O–H groups in total. The van der Waals surface area contributed by atoms with Gasteiger partial charge in [-0.05, 0) is 31.6 Å². The summed E-state index contributed by atoms with van der Waals surface area (Å²) in [4.78, 5) is 4.08. The number of nitrogens with one attached hydrogen (secondary N) is 1. The Kier molecular flexibility index (Phi) is 2.70. The van der Waals surface area contributed by atoms with E-state index in [9.17, 15) is 0 Å². The van der Waals surface area contributed by atoms with Crippen molar-refractivity contribution in [2.24, 2.45) is 0 Å². The molecule has 0 saturated carbocycles. The zero-order valence-electron chi connectivity index (χ0n) is 7.88. The lowest BCUT2D eigenvalue weighted by Gasteiger charge is -2.02. The van der Waals surface area contributed by atoms with Crippen molar-refractivity contribution in [2.75, 3.05) is 13.6 Å². The molecule has 0 amide bonds. The van der Waals surface area contributed by atoms with Crippen LogP contribution in [0.15, 0.2) is 22.9 Å². The van der Waals surface area contributed by atoms with Crippen LogP contribution < -0.4 is 5.32 Å². The molecular formula is C10H11ClN2O. The minimum Gasteiger partial charge on any atom is -0.443 e. The molecule has 0 aliphatic carbocycles. The van der Waals surface area contributed by atoms with Crippen LogP contribution in [0.25, 0.3) is 11.1 Å². The molecule has 0 aliphatic rings. The molecule has 4 heteroatoms. The number of rotatable bonds is 3. The third-order valence-corrected chi connectivity index (χ3v) is 2.50. The van der Waals surface area contributed by atoms with Crippen LogP contribution in [0.4, 0.5) is 0 Å². The molecule has 2 rings (SSSR count). The van der Waals surface area contributed by atoms with Gasteiger partial charge in [0.1, 0.15) is 5.52 Å². The van der Waals surface area contributed by atoms with E-state index >= 15 is 0 Å². The number of benzene rings is 1. The van der Waals surface area contributed by atoms with Gasteiger partial charge in [-0.25, -0.2) is 4.98 Å². The highest BCUT2D eigenvalue weighted by Gasteiger charge is 2.05. The number of fused-ring (bicyclic) bond motifs is 1. The molecule has 0 spiro atoms. The Labute approximate surface area is 87.1 Å². The Hall–Kier alpha value is -1.06. The van der Waals surface area contributed by atoms with Crippen LogP contribution in [-0.2, 0) is 6.42 Å². The second-order valence-corrected chi connectivity index (χ2v) is 3.52. The summed E-state index contributed by atoms with van der Waals surface area (Å²) in [6.45, 7) is 0.906. The Morgan fingerprint density at radius 1 is 1.50 bits per heavy atom. The first-order valence-electron chi connectivity index (χ1n) is 4.47. The van der Waals surface area contributed by atoms with E-state index in [2.05, 4.69) is 10.3 Å². The van der Waals surface area contributed by atoms with E-state index in [1.54, 1.807) is 0 Å². The lowest BCUT2D eigenvalue weighted by Crippen LogP contribution is -2.10. The minimum absolute atomic E-state index is 0.739. The first kappa shape index (κ1) is 9.49. The molecule has 1 aromatic heterocycles. The number of hydrogen-bond donors (Lipinski definition) is 1. The smallest absolute Gasteiger partial charge is 0.181 e. The molecule has 0 atom stereocenters. The van der Waals surface area contributed by atoms with E-state index < -0.39 is 0 Å². The molecule has 14 heavy (non-hydrogen) atoms. The van der Waals surface area contributed by atoms with Crippen molar-refractivity contribution < 1.29 is 4.42 Å². The quantitative estimate of drug-likeness (QED) is 0.845. The molecule has 2 aromatic rings. The van der Waals surface area contributed by atoms with Crippen molar-refractivity contribution in [1.82, 2.24) is 10.3 Å². The van der Waals surface area contributed by atoms with Crippen molar-refractivity contribution in [3.8, 4) is 0 Å². The van der Waals surface area contributed by atoms with Gasteiger partial charge in [-0.15, -0.1) is 0 Å². The van der Waals surface area contributed by atoms with E-state index in [1.165, 1.54) is 6.39 Å². The molecule has 0 fully saturated rings. The number of aromatic nitrogens is 1. The van der Waals surface area contributed by atoms with Gasteiger partial charge < -0.3 is 9.73 Å². The zero-order valence-corrected chi connectivity index (χ0v) is 8.64. The van der Waals surface area contributed by atoms with Crippen molar-refractivity contribution in [3.63, 3.8) is 0 Å². The van der Waals surface area contributed by atoms with Crippen molar-refractivity contribution in [1.29, 1.82) is 0 Å². The van der Waals surface area contributed by atoms with Crippen LogP contribution in [0.5, 0.6) is 0 Å². The summed E-state index contributed by atoms with van der Waals surface area (Å²) < 4.78 is 5.15. The van der Waals surface area contributed by atoms with Crippen molar-refractivity contribution in [3.05, 3.63) is 29.1 Å². The highest BCUT2D eigenvalue weighted by molar-refractivity contribution is 6.32. The Morgan fingerprint density at radius 2 is 2.36 bits per heavy atom. The van der Waals surface area contributed by atoms with Gasteiger partial charge in [-0.2, -0.15) is 0 Å². The van der Waals surface area contributed by atoms with Gasteiger partial charge in [0.25, 0.3) is 0 Å². The van der Waals surface area contributed by atoms with Gasteiger partial charge in [-0.3, -0.25) is 0 Å². The maximum Gasteiger partial charge on any atom is 0.181 e. The maximum absolute atomic E-state index is 6.08. The van der Waals surface area contributed by atoms with Crippen LogP contribution in [0, 0.1) is 0 Å². The second-order valence-electron chi connectivity index (χ2n) is 3.12. The molecule has 0 bridgehead atoms. The van der Waals surface area contributed by atoms with Crippen LogP contribution in [0.3, 0.4) is 0 Å². The monoisotopic (exact) mass is 210 g/mol. The van der Waals surface area contributed by atoms with Crippen molar-refractivity contribution in [2.45, 2.75) is 6.42 Å².